The van der Waals surface area contributed by atoms with Crippen molar-refractivity contribution in [3.05, 3.63) is 21.7 Å². The lowest BCUT2D eigenvalue weighted by atomic mass is 9.88. The molecule has 0 aromatic carbocycles. The summed E-state index contributed by atoms with van der Waals surface area (Å²) in [6.45, 7) is 1.94. The molecule has 2 fully saturated rings. The Hall–Kier alpha value is -0.740. The molecular weight excluding hydrogens is 242 g/mol. The molecule has 3 atom stereocenters. The third-order valence-corrected chi connectivity index (χ3v) is 5.40. The summed E-state index contributed by atoms with van der Waals surface area (Å²) in [6.07, 6.45) is 6.66. The third kappa shape index (κ3) is 1.66. The van der Waals surface area contributed by atoms with Gasteiger partial charge < -0.3 is 10.3 Å². The third-order valence-electron chi connectivity index (χ3n) is 5.07. The minimum atomic E-state index is 0.658. The normalized spacial score (nSPS) is 33.7. The van der Waals surface area contributed by atoms with Gasteiger partial charge in [0.15, 0.2) is 0 Å². The summed E-state index contributed by atoms with van der Waals surface area (Å²) in [5, 5.41) is 3.37. The maximum atomic E-state index is 5.48. The summed E-state index contributed by atoms with van der Waals surface area (Å²) in [5.74, 6) is 3.67. The Bertz CT molecular complexity index is 536. The van der Waals surface area contributed by atoms with Crippen LogP contribution < -0.4 is 5.32 Å². The summed E-state index contributed by atoms with van der Waals surface area (Å²) >= 11 is 5.48. The van der Waals surface area contributed by atoms with Gasteiger partial charge in [-0.2, -0.15) is 0 Å². The van der Waals surface area contributed by atoms with Crippen molar-refractivity contribution in [1.82, 2.24) is 15.3 Å². The van der Waals surface area contributed by atoms with Crippen molar-refractivity contribution in [2.24, 2.45) is 11.8 Å². The molecule has 96 valence electrons. The lowest BCUT2D eigenvalue weighted by molar-refractivity contribution is 0.403. The van der Waals surface area contributed by atoms with Crippen molar-refractivity contribution in [3.63, 3.8) is 0 Å². The zero-order valence-corrected chi connectivity index (χ0v) is 11.4. The van der Waals surface area contributed by atoms with Crippen LogP contribution in [0.2, 0.25) is 0 Å². The Balaban J connectivity index is 1.73. The van der Waals surface area contributed by atoms with E-state index in [4.69, 9.17) is 17.2 Å². The van der Waals surface area contributed by atoms with E-state index in [2.05, 4.69) is 10.3 Å². The van der Waals surface area contributed by atoms with Crippen LogP contribution in [0.25, 0.3) is 0 Å². The van der Waals surface area contributed by atoms with Crippen LogP contribution in [0.5, 0.6) is 0 Å². The molecule has 3 nitrogen and oxygen atoms in total. The average Bonchev–Trinajstić information content (AvgIpc) is 3.01. The van der Waals surface area contributed by atoms with Crippen LogP contribution in [0.1, 0.15) is 48.7 Å². The van der Waals surface area contributed by atoms with Crippen molar-refractivity contribution in [2.75, 3.05) is 6.54 Å². The molecule has 3 aliphatic rings. The maximum Gasteiger partial charge on any atom is 0.134 e. The fraction of sp³-hybridized carbons (Fsp3) is 0.714. The number of aromatic amines is 1. The van der Waals surface area contributed by atoms with E-state index >= 15 is 0 Å². The fourth-order valence-electron chi connectivity index (χ4n) is 4.14. The molecule has 1 aromatic heterocycles. The standard InChI is InChI=1S/C14H19N3S/c18-14-11-7-15-4-3-12(11)16-13(17-14)10-6-8-1-2-9(10)5-8/h8-10,15H,1-7H2,(H,16,17,18). The number of hydrogen-bond donors (Lipinski definition) is 2. The van der Waals surface area contributed by atoms with E-state index < -0.39 is 0 Å². The molecule has 1 aromatic rings. The van der Waals surface area contributed by atoms with Gasteiger partial charge in [0.2, 0.25) is 0 Å². The number of nitrogens with zero attached hydrogens (tertiary/aromatic N) is 1. The lowest BCUT2D eigenvalue weighted by Crippen LogP contribution is -2.26. The Morgan fingerprint density at radius 3 is 2.94 bits per heavy atom. The van der Waals surface area contributed by atoms with Crippen molar-refractivity contribution in [1.29, 1.82) is 0 Å². The SMILES string of the molecule is S=c1nc(C2CC3CCC2C3)[nH]c2c1CNCC2. The Morgan fingerprint density at radius 2 is 2.17 bits per heavy atom. The number of rotatable bonds is 1. The summed E-state index contributed by atoms with van der Waals surface area (Å²) in [5.41, 5.74) is 2.56. The van der Waals surface area contributed by atoms with Crippen LogP contribution in [0.3, 0.4) is 0 Å². The lowest BCUT2D eigenvalue weighted by Gasteiger charge is -2.24. The van der Waals surface area contributed by atoms with Crippen LogP contribution in [-0.2, 0) is 13.0 Å². The monoisotopic (exact) mass is 261 g/mol. The van der Waals surface area contributed by atoms with Gasteiger partial charge in [0.1, 0.15) is 10.5 Å². The first-order chi connectivity index (χ1) is 8.81. The maximum absolute atomic E-state index is 5.48. The molecule has 3 unspecified atom stereocenters. The zero-order valence-electron chi connectivity index (χ0n) is 10.5. The molecule has 2 N–H and O–H groups in total. The highest BCUT2D eigenvalue weighted by Crippen LogP contribution is 2.52. The Labute approximate surface area is 112 Å². The van der Waals surface area contributed by atoms with Crippen LogP contribution in [0.15, 0.2) is 0 Å². The van der Waals surface area contributed by atoms with Gasteiger partial charge in [0, 0.05) is 36.7 Å². The molecular formula is C14H19N3S. The van der Waals surface area contributed by atoms with Gasteiger partial charge in [-0.3, -0.25) is 0 Å². The summed E-state index contributed by atoms with van der Waals surface area (Å²) in [4.78, 5) is 8.32. The van der Waals surface area contributed by atoms with E-state index in [-0.39, 0.29) is 0 Å². The summed E-state index contributed by atoms with van der Waals surface area (Å²) in [7, 11) is 0. The van der Waals surface area contributed by atoms with Crippen LogP contribution in [0, 0.1) is 16.5 Å². The number of H-pyrrole nitrogens is 1. The second-order valence-corrected chi connectivity index (χ2v) is 6.48. The molecule has 18 heavy (non-hydrogen) atoms. The molecule has 2 heterocycles. The molecule has 1 aliphatic heterocycles. The molecule has 2 aliphatic carbocycles. The zero-order chi connectivity index (χ0) is 12.1. The van der Waals surface area contributed by atoms with E-state index in [1.54, 1.807) is 0 Å². The van der Waals surface area contributed by atoms with Gasteiger partial charge >= 0.3 is 0 Å². The van der Waals surface area contributed by atoms with Crippen molar-refractivity contribution in [3.8, 4) is 0 Å². The van der Waals surface area contributed by atoms with Gasteiger partial charge in [-0.15, -0.1) is 0 Å². The second-order valence-electron chi connectivity index (χ2n) is 6.09. The van der Waals surface area contributed by atoms with Gasteiger partial charge in [0.05, 0.1) is 0 Å². The van der Waals surface area contributed by atoms with Gasteiger partial charge in [0.25, 0.3) is 0 Å². The Kier molecular flexibility index (Phi) is 2.55. The molecule has 0 radical (unpaired) electrons. The fourth-order valence-corrected chi connectivity index (χ4v) is 4.44. The predicted molar refractivity (Wildman–Crippen MR) is 73.0 cm³/mol. The van der Waals surface area contributed by atoms with Gasteiger partial charge in [-0.05, 0) is 31.1 Å². The molecule has 0 saturated heterocycles. The summed E-state index contributed by atoms with van der Waals surface area (Å²) in [6, 6.07) is 0. The van der Waals surface area contributed by atoms with Crippen molar-refractivity contribution < 1.29 is 0 Å². The minimum Gasteiger partial charge on any atom is -0.347 e. The van der Waals surface area contributed by atoms with E-state index in [1.807, 2.05) is 0 Å². The average molecular weight is 261 g/mol. The predicted octanol–water partition coefficient (Wildman–Crippen LogP) is 2.69. The van der Waals surface area contributed by atoms with Crippen LogP contribution in [0.4, 0.5) is 0 Å². The highest BCUT2D eigenvalue weighted by atomic mass is 32.1. The molecule has 2 saturated carbocycles. The first-order valence-electron chi connectivity index (χ1n) is 7.14. The minimum absolute atomic E-state index is 0.658. The van der Waals surface area contributed by atoms with Crippen molar-refractivity contribution in [2.45, 2.75) is 44.6 Å². The first kappa shape index (κ1) is 11.1. The smallest absolute Gasteiger partial charge is 0.134 e. The van der Waals surface area contributed by atoms with Crippen LogP contribution in [-0.4, -0.2) is 16.5 Å². The van der Waals surface area contributed by atoms with Crippen molar-refractivity contribution >= 4 is 12.2 Å². The number of fused-ring (bicyclic) bond motifs is 3. The largest absolute Gasteiger partial charge is 0.347 e. The van der Waals surface area contributed by atoms with E-state index in [0.717, 1.165) is 36.0 Å². The topological polar surface area (TPSA) is 40.7 Å². The van der Waals surface area contributed by atoms with E-state index in [1.165, 1.54) is 42.8 Å². The second kappa shape index (κ2) is 4.14. The van der Waals surface area contributed by atoms with E-state index in [9.17, 15) is 0 Å². The highest BCUT2D eigenvalue weighted by Gasteiger charge is 2.41. The number of nitrogens with one attached hydrogen (secondary N) is 2. The molecule has 0 spiro atoms. The molecule has 0 amide bonds. The van der Waals surface area contributed by atoms with E-state index in [0.29, 0.717) is 5.92 Å². The quantitative estimate of drug-likeness (QED) is 0.764. The summed E-state index contributed by atoms with van der Waals surface area (Å²) < 4.78 is 0.828. The highest BCUT2D eigenvalue weighted by molar-refractivity contribution is 7.71. The van der Waals surface area contributed by atoms with Crippen LogP contribution >= 0.6 is 12.2 Å². The Morgan fingerprint density at radius 1 is 1.22 bits per heavy atom. The van der Waals surface area contributed by atoms with Gasteiger partial charge in [-0.1, -0.05) is 18.6 Å². The number of aromatic nitrogens is 2. The molecule has 2 bridgehead atoms. The number of hydrogen-bond acceptors (Lipinski definition) is 3. The first-order valence-corrected chi connectivity index (χ1v) is 7.55. The van der Waals surface area contributed by atoms with Gasteiger partial charge in [-0.25, -0.2) is 4.98 Å². The molecule has 4 heteroatoms. The molecule has 4 rings (SSSR count).